The summed E-state index contributed by atoms with van der Waals surface area (Å²) in [6.07, 6.45) is 3.11. The molecule has 51 valence electrons. The van der Waals surface area contributed by atoms with E-state index in [2.05, 4.69) is 16.0 Å². The first kappa shape index (κ1) is 5.71. The standard InChI is InChI=1S/C8H9N2/c1-2-5-9-8(4-1)10-6-3-7-10/h1-2,5H,3,6-7H2. The Bertz CT molecular complexity index is 204. The minimum atomic E-state index is 0.994. The predicted molar refractivity (Wildman–Crippen MR) is 39.9 cm³/mol. The van der Waals surface area contributed by atoms with Gasteiger partial charge >= 0.3 is 0 Å². The molecular formula is C8H9N2. The van der Waals surface area contributed by atoms with Crippen molar-refractivity contribution in [3.63, 3.8) is 0 Å². The third-order valence-electron chi connectivity index (χ3n) is 1.75. The van der Waals surface area contributed by atoms with Crippen LogP contribution in [0.1, 0.15) is 6.42 Å². The van der Waals surface area contributed by atoms with E-state index in [1.807, 2.05) is 18.3 Å². The molecule has 10 heavy (non-hydrogen) atoms. The average molecular weight is 133 g/mol. The molecule has 2 heterocycles. The van der Waals surface area contributed by atoms with Gasteiger partial charge in [-0.25, -0.2) is 4.98 Å². The van der Waals surface area contributed by atoms with E-state index in [4.69, 9.17) is 0 Å². The zero-order valence-corrected chi connectivity index (χ0v) is 5.75. The van der Waals surface area contributed by atoms with Crippen LogP contribution in [0.2, 0.25) is 0 Å². The molecular weight excluding hydrogens is 124 g/mol. The molecule has 0 bridgehead atoms. The lowest BCUT2D eigenvalue weighted by Gasteiger charge is -2.31. The van der Waals surface area contributed by atoms with Gasteiger partial charge in [0.05, 0.1) is 0 Å². The van der Waals surface area contributed by atoms with Crippen LogP contribution in [-0.2, 0) is 0 Å². The Balaban J connectivity index is 2.18. The average Bonchev–Trinajstić information content (AvgIpc) is 1.86. The summed E-state index contributed by atoms with van der Waals surface area (Å²) in [6, 6.07) is 6.88. The van der Waals surface area contributed by atoms with Gasteiger partial charge in [0.1, 0.15) is 5.82 Å². The molecule has 0 saturated carbocycles. The van der Waals surface area contributed by atoms with Gasteiger partial charge in [-0.15, -0.1) is 0 Å². The topological polar surface area (TPSA) is 16.1 Å². The van der Waals surface area contributed by atoms with E-state index in [9.17, 15) is 0 Å². The first-order valence-electron chi connectivity index (χ1n) is 3.54. The first-order chi connectivity index (χ1) is 4.97. The van der Waals surface area contributed by atoms with Gasteiger partial charge in [-0.05, 0) is 18.6 Å². The SMILES string of the molecule is [c]1cccnc1N1CCC1. The number of hydrogen-bond donors (Lipinski definition) is 0. The summed E-state index contributed by atoms with van der Waals surface area (Å²) in [4.78, 5) is 6.39. The van der Waals surface area contributed by atoms with Crippen molar-refractivity contribution in [2.75, 3.05) is 18.0 Å². The molecule has 0 unspecified atom stereocenters. The van der Waals surface area contributed by atoms with Gasteiger partial charge in [-0.1, -0.05) is 0 Å². The maximum absolute atomic E-state index is 4.17. The van der Waals surface area contributed by atoms with Gasteiger partial charge in [-0.2, -0.15) is 0 Å². The van der Waals surface area contributed by atoms with Crippen molar-refractivity contribution in [2.45, 2.75) is 6.42 Å². The fourth-order valence-corrected chi connectivity index (χ4v) is 1.02. The molecule has 0 aromatic carbocycles. The van der Waals surface area contributed by atoms with Crippen molar-refractivity contribution in [2.24, 2.45) is 0 Å². The second kappa shape index (κ2) is 2.29. The predicted octanol–water partition coefficient (Wildman–Crippen LogP) is 1.09. The molecule has 1 aliphatic rings. The van der Waals surface area contributed by atoms with Crippen LogP contribution in [-0.4, -0.2) is 18.1 Å². The summed E-state index contributed by atoms with van der Waals surface area (Å²) in [5.74, 6) is 0.994. The van der Waals surface area contributed by atoms with E-state index < -0.39 is 0 Å². The highest BCUT2D eigenvalue weighted by molar-refractivity contribution is 5.38. The van der Waals surface area contributed by atoms with E-state index in [1.165, 1.54) is 6.42 Å². The Morgan fingerprint density at radius 3 is 2.90 bits per heavy atom. The normalized spacial score (nSPS) is 16.6. The summed E-state index contributed by atoms with van der Waals surface area (Å²) in [7, 11) is 0. The van der Waals surface area contributed by atoms with E-state index in [0.29, 0.717) is 0 Å². The van der Waals surface area contributed by atoms with Gasteiger partial charge in [0.15, 0.2) is 0 Å². The lowest BCUT2D eigenvalue weighted by molar-refractivity contribution is 0.609. The molecule has 0 atom stereocenters. The number of rotatable bonds is 1. The van der Waals surface area contributed by atoms with Crippen molar-refractivity contribution < 1.29 is 0 Å². The third kappa shape index (κ3) is 0.856. The molecule has 0 amide bonds. The van der Waals surface area contributed by atoms with Crippen LogP contribution < -0.4 is 4.90 Å². The minimum absolute atomic E-state index is 0.994. The third-order valence-corrected chi connectivity index (χ3v) is 1.75. The van der Waals surface area contributed by atoms with E-state index in [-0.39, 0.29) is 0 Å². The summed E-state index contributed by atoms with van der Waals surface area (Å²) in [5, 5.41) is 0. The maximum Gasteiger partial charge on any atom is 0.136 e. The van der Waals surface area contributed by atoms with Gasteiger partial charge in [0.25, 0.3) is 0 Å². The summed E-state index contributed by atoms with van der Waals surface area (Å²) in [5.41, 5.74) is 0. The van der Waals surface area contributed by atoms with Gasteiger partial charge in [-0.3, -0.25) is 0 Å². The van der Waals surface area contributed by atoms with Crippen LogP contribution in [0, 0.1) is 6.07 Å². The second-order valence-corrected chi connectivity index (χ2v) is 2.45. The minimum Gasteiger partial charge on any atom is -0.356 e. The monoisotopic (exact) mass is 133 g/mol. The Labute approximate surface area is 60.5 Å². The summed E-state index contributed by atoms with van der Waals surface area (Å²) in [6.45, 7) is 2.29. The van der Waals surface area contributed by atoms with E-state index >= 15 is 0 Å². The smallest absolute Gasteiger partial charge is 0.136 e. The van der Waals surface area contributed by atoms with Crippen molar-refractivity contribution in [3.05, 3.63) is 24.4 Å². The van der Waals surface area contributed by atoms with Gasteiger partial charge in [0, 0.05) is 25.4 Å². The highest BCUT2D eigenvalue weighted by Gasteiger charge is 2.14. The molecule has 1 aliphatic heterocycles. The van der Waals surface area contributed by atoms with Crippen molar-refractivity contribution in [1.82, 2.24) is 4.98 Å². The van der Waals surface area contributed by atoms with Crippen LogP contribution in [0.4, 0.5) is 5.82 Å². The van der Waals surface area contributed by atoms with Gasteiger partial charge < -0.3 is 4.90 Å². The second-order valence-electron chi connectivity index (χ2n) is 2.45. The number of aromatic nitrogens is 1. The van der Waals surface area contributed by atoms with Gasteiger partial charge in [0.2, 0.25) is 0 Å². The number of hydrogen-bond acceptors (Lipinski definition) is 2. The fraction of sp³-hybridized carbons (Fsp3) is 0.375. The van der Waals surface area contributed by atoms with Crippen molar-refractivity contribution in [3.8, 4) is 0 Å². The summed E-state index contributed by atoms with van der Waals surface area (Å²) < 4.78 is 0. The lowest BCUT2D eigenvalue weighted by atomic mass is 10.2. The largest absolute Gasteiger partial charge is 0.356 e. The Kier molecular flexibility index (Phi) is 1.31. The molecule has 0 aliphatic carbocycles. The number of pyridine rings is 1. The fourth-order valence-electron chi connectivity index (χ4n) is 1.02. The Hall–Kier alpha value is -1.05. The molecule has 2 heteroatoms. The molecule has 1 aromatic heterocycles. The van der Waals surface area contributed by atoms with E-state index in [1.54, 1.807) is 0 Å². The van der Waals surface area contributed by atoms with Crippen LogP contribution >= 0.6 is 0 Å². The number of nitrogens with zero attached hydrogens (tertiary/aromatic N) is 2. The molecule has 2 rings (SSSR count). The molecule has 0 N–H and O–H groups in total. The maximum atomic E-state index is 4.17. The Morgan fingerprint density at radius 2 is 2.40 bits per heavy atom. The first-order valence-corrected chi connectivity index (χ1v) is 3.54. The molecule has 1 aromatic rings. The van der Waals surface area contributed by atoms with Crippen LogP contribution in [0.15, 0.2) is 18.3 Å². The Morgan fingerprint density at radius 1 is 1.50 bits per heavy atom. The van der Waals surface area contributed by atoms with Crippen molar-refractivity contribution in [1.29, 1.82) is 0 Å². The highest BCUT2D eigenvalue weighted by atomic mass is 15.2. The quantitative estimate of drug-likeness (QED) is 0.570. The molecule has 2 nitrogen and oxygen atoms in total. The van der Waals surface area contributed by atoms with Crippen LogP contribution in [0.25, 0.3) is 0 Å². The molecule has 0 spiro atoms. The molecule has 1 radical (unpaired) electrons. The van der Waals surface area contributed by atoms with E-state index in [0.717, 1.165) is 18.9 Å². The molecule has 1 fully saturated rings. The lowest BCUT2D eigenvalue weighted by Crippen LogP contribution is -2.37. The zero-order chi connectivity index (χ0) is 6.81. The van der Waals surface area contributed by atoms with Crippen LogP contribution in [0.3, 0.4) is 0 Å². The summed E-state index contributed by atoms with van der Waals surface area (Å²) >= 11 is 0. The van der Waals surface area contributed by atoms with Crippen molar-refractivity contribution >= 4 is 5.82 Å². The van der Waals surface area contributed by atoms with Crippen LogP contribution in [0.5, 0.6) is 0 Å². The zero-order valence-electron chi connectivity index (χ0n) is 5.75. The number of anilines is 1. The highest BCUT2D eigenvalue weighted by Crippen LogP contribution is 2.15. The molecule has 1 saturated heterocycles.